The average Bonchev–Trinajstić information content (AvgIpc) is 3.12. The number of nitrogens with zero attached hydrogens (tertiary/aromatic N) is 2. The Hall–Kier alpha value is -2.46. The highest BCUT2D eigenvalue weighted by atomic mass is 28.3. The molecule has 4 heteroatoms. The van der Waals surface area contributed by atoms with Gasteiger partial charge in [-0.3, -0.25) is 4.79 Å². The Morgan fingerprint density at radius 1 is 0.963 bits per heavy atom. The molecular weight excluding hydrogens is 348 g/mol. The summed E-state index contributed by atoms with van der Waals surface area (Å²) in [5, 5.41) is 6.59. The molecule has 3 nitrogen and oxygen atoms in total. The summed E-state index contributed by atoms with van der Waals surface area (Å²) in [6.07, 6.45) is 5.51. The number of hydrazone groups is 1. The molecule has 3 atom stereocenters. The van der Waals surface area contributed by atoms with E-state index in [0.717, 1.165) is 17.7 Å². The minimum absolute atomic E-state index is 0.0143. The summed E-state index contributed by atoms with van der Waals surface area (Å²) in [6, 6.07) is 19.8. The van der Waals surface area contributed by atoms with Crippen molar-refractivity contribution in [2.45, 2.75) is 37.6 Å². The summed E-state index contributed by atoms with van der Waals surface area (Å²) < 4.78 is 0. The summed E-state index contributed by atoms with van der Waals surface area (Å²) in [5.74, 6) is 0.400. The van der Waals surface area contributed by atoms with Crippen molar-refractivity contribution in [3.8, 4) is 0 Å². The number of carbonyl (C=O) groups excluding carboxylic acids is 1. The molecule has 0 unspecified atom stereocenters. The molecule has 27 heavy (non-hydrogen) atoms. The molecule has 0 bridgehead atoms. The zero-order chi connectivity index (χ0) is 19.0. The number of hydrogen-bond donors (Lipinski definition) is 0. The summed E-state index contributed by atoms with van der Waals surface area (Å²) in [4.78, 5) is 13.3. The van der Waals surface area contributed by atoms with Crippen LogP contribution in [0.15, 0.2) is 77.9 Å². The van der Waals surface area contributed by atoms with Crippen LogP contribution < -0.4 is 0 Å². The van der Waals surface area contributed by atoms with Crippen LogP contribution in [0.25, 0.3) is 0 Å². The fraction of sp³-hybridized carbons (Fsp3) is 0.304. The van der Waals surface area contributed by atoms with Crippen LogP contribution in [0.4, 0.5) is 0 Å². The van der Waals surface area contributed by atoms with Crippen molar-refractivity contribution in [2.24, 2.45) is 11.0 Å². The van der Waals surface area contributed by atoms with E-state index in [0.29, 0.717) is 17.0 Å². The van der Waals surface area contributed by atoms with E-state index in [9.17, 15) is 4.79 Å². The molecule has 0 saturated heterocycles. The van der Waals surface area contributed by atoms with Crippen LogP contribution in [0.5, 0.6) is 0 Å². The molecule has 0 saturated carbocycles. The lowest BCUT2D eigenvalue weighted by Gasteiger charge is -2.39. The fourth-order valence-electron chi connectivity index (χ4n) is 4.33. The van der Waals surface area contributed by atoms with E-state index in [1.54, 1.807) is 5.01 Å². The Balaban J connectivity index is 1.75. The molecule has 138 valence electrons. The Morgan fingerprint density at radius 3 is 2.22 bits per heavy atom. The molecule has 4 rings (SSSR count). The standard InChI is InChI=1S/C23H26N2OSi/c1-27(2,3)22-15-14-21-19(22)16-20(17-10-6-4-7-11-17)24-25(21)23(26)18-12-8-5-9-13-18/h4-15,19,21-22H,16H2,1-3H3/t19-,21-,22-/m1/s1. The lowest BCUT2D eigenvalue weighted by molar-refractivity contribution is 0.0662. The van der Waals surface area contributed by atoms with Gasteiger partial charge in [-0.15, -0.1) is 0 Å². The van der Waals surface area contributed by atoms with Crippen LogP contribution in [0.2, 0.25) is 25.2 Å². The predicted octanol–water partition coefficient (Wildman–Crippen LogP) is 5.20. The minimum Gasteiger partial charge on any atom is -0.267 e. The second-order valence-electron chi connectivity index (χ2n) is 8.56. The molecule has 0 fully saturated rings. The van der Waals surface area contributed by atoms with Gasteiger partial charge in [0, 0.05) is 5.56 Å². The molecule has 1 amide bonds. The summed E-state index contributed by atoms with van der Waals surface area (Å²) in [7, 11) is -1.39. The second kappa shape index (κ2) is 6.93. The van der Waals surface area contributed by atoms with Gasteiger partial charge in [0.15, 0.2) is 0 Å². The van der Waals surface area contributed by atoms with E-state index in [1.807, 2.05) is 48.5 Å². The Morgan fingerprint density at radius 2 is 1.59 bits per heavy atom. The molecule has 2 aromatic carbocycles. The van der Waals surface area contributed by atoms with E-state index in [2.05, 4.69) is 43.9 Å². The van der Waals surface area contributed by atoms with Crippen LogP contribution in [-0.2, 0) is 0 Å². The van der Waals surface area contributed by atoms with Gasteiger partial charge in [0.1, 0.15) is 0 Å². The fourth-order valence-corrected chi connectivity index (χ4v) is 6.62. The van der Waals surface area contributed by atoms with E-state index < -0.39 is 8.07 Å². The van der Waals surface area contributed by atoms with E-state index in [-0.39, 0.29) is 11.9 Å². The molecule has 2 aliphatic rings. The lowest BCUT2D eigenvalue weighted by Crippen LogP contribution is -2.46. The topological polar surface area (TPSA) is 32.7 Å². The van der Waals surface area contributed by atoms with Gasteiger partial charge in [-0.05, 0) is 35.6 Å². The molecule has 1 heterocycles. The molecule has 2 aromatic rings. The third-order valence-electron chi connectivity index (χ3n) is 5.69. The molecule has 0 N–H and O–H groups in total. The van der Waals surface area contributed by atoms with Crippen molar-refractivity contribution in [2.75, 3.05) is 0 Å². The highest BCUT2D eigenvalue weighted by Crippen LogP contribution is 2.45. The van der Waals surface area contributed by atoms with Crippen molar-refractivity contribution in [1.29, 1.82) is 0 Å². The zero-order valence-corrected chi connectivity index (χ0v) is 17.2. The number of benzene rings is 2. The number of allylic oxidation sites excluding steroid dienone is 1. The molecule has 0 radical (unpaired) electrons. The van der Waals surface area contributed by atoms with Crippen molar-refractivity contribution < 1.29 is 4.79 Å². The maximum absolute atomic E-state index is 13.3. The van der Waals surface area contributed by atoms with Gasteiger partial charge in [0.2, 0.25) is 0 Å². The zero-order valence-electron chi connectivity index (χ0n) is 16.2. The summed E-state index contributed by atoms with van der Waals surface area (Å²) in [5.41, 5.74) is 3.39. The minimum atomic E-state index is -1.39. The van der Waals surface area contributed by atoms with Crippen LogP contribution >= 0.6 is 0 Å². The van der Waals surface area contributed by atoms with E-state index in [4.69, 9.17) is 5.10 Å². The molecule has 1 aliphatic carbocycles. The largest absolute Gasteiger partial charge is 0.274 e. The van der Waals surface area contributed by atoms with Crippen LogP contribution in [0.1, 0.15) is 22.3 Å². The molecular formula is C23H26N2OSi. The van der Waals surface area contributed by atoms with Gasteiger partial charge in [0.25, 0.3) is 5.91 Å². The predicted molar refractivity (Wildman–Crippen MR) is 114 cm³/mol. The number of rotatable bonds is 3. The summed E-state index contributed by atoms with van der Waals surface area (Å²) >= 11 is 0. The highest BCUT2D eigenvalue weighted by molar-refractivity contribution is 6.78. The first kappa shape index (κ1) is 17.9. The Kier molecular flexibility index (Phi) is 4.60. The number of amides is 1. The maximum Gasteiger partial charge on any atom is 0.274 e. The van der Waals surface area contributed by atoms with Gasteiger partial charge in [-0.25, -0.2) is 5.01 Å². The van der Waals surface area contributed by atoms with Crippen LogP contribution in [0.3, 0.4) is 0 Å². The molecule has 0 spiro atoms. The van der Waals surface area contributed by atoms with Crippen molar-refractivity contribution in [1.82, 2.24) is 5.01 Å². The maximum atomic E-state index is 13.3. The molecule has 0 aromatic heterocycles. The van der Waals surface area contributed by atoms with E-state index >= 15 is 0 Å². The number of carbonyl (C=O) groups is 1. The van der Waals surface area contributed by atoms with Gasteiger partial charge in [0.05, 0.1) is 19.8 Å². The normalized spacial score (nSPS) is 24.5. The first-order valence-corrected chi connectivity index (χ1v) is 13.2. The monoisotopic (exact) mass is 374 g/mol. The average molecular weight is 375 g/mol. The van der Waals surface area contributed by atoms with Gasteiger partial charge in [-0.1, -0.05) is 80.3 Å². The van der Waals surface area contributed by atoms with Gasteiger partial charge in [-0.2, -0.15) is 5.10 Å². The van der Waals surface area contributed by atoms with Crippen LogP contribution in [0, 0.1) is 5.92 Å². The molecule has 1 aliphatic heterocycles. The lowest BCUT2D eigenvalue weighted by atomic mass is 9.90. The smallest absolute Gasteiger partial charge is 0.267 e. The Labute approximate surface area is 162 Å². The van der Waals surface area contributed by atoms with Crippen molar-refractivity contribution in [3.05, 3.63) is 83.9 Å². The first-order chi connectivity index (χ1) is 12.9. The quantitative estimate of drug-likeness (QED) is 0.537. The van der Waals surface area contributed by atoms with Gasteiger partial charge < -0.3 is 0 Å². The first-order valence-electron chi connectivity index (χ1n) is 9.65. The highest BCUT2D eigenvalue weighted by Gasteiger charge is 2.46. The SMILES string of the molecule is C[Si](C)(C)[C@@H]1C=C[C@@H]2[C@H]1CC(c1ccccc1)=NN2C(=O)c1ccccc1. The van der Waals surface area contributed by atoms with Crippen molar-refractivity contribution in [3.63, 3.8) is 0 Å². The second-order valence-corrected chi connectivity index (χ2v) is 14.0. The van der Waals surface area contributed by atoms with Gasteiger partial charge >= 0.3 is 0 Å². The number of hydrogen-bond acceptors (Lipinski definition) is 2. The summed E-state index contributed by atoms with van der Waals surface area (Å²) in [6.45, 7) is 7.26. The third-order valence-corrected chi connectivity index (χ3v) is 8.31. The number of fused-ring (bicyclic) bond motifs is 1. The third kappa shape index (κ3) is 3.42. The van der Waals surface area contributed by atoms with E-state index in [1.165, 1.54) is 0 Å². The Bertz CT molecular complexity index is 884. The van der Waals surface area contributed by atoms with Crippen LogP contribution in [-0.4, -0.2) is 30.7 Å². The van der Waals surface area contributed by atoms with Crippen molar-refractivity contribution >= 4 is 19.7 Å².